The Morgan fingerprint density at radius 3 is 2.33 bits per heavy atom. The number of β-lactam (4-membered cyclic amide) rings is 1. The molecule has 0 spiro atoms. The summed E-state index contributed by atoms with van der Waals surface area (Å²) in [5.74, 6) is -2.71. The molecule has 0 aliphatic carbocycles. The summed E-state index contributed by atoms with van der Waals surface area (Å²) >= 11 is 0. The zero-order chi connectivity index (χ0) is 25.0. The van der Waals surface area contributed by atoms with Gasteiger partial charge in [-0.2, -0.15) is 4.79 Å². The summed E-state index contributed by atoms with van der Waals surface area (Å²) in [6, 6.07) is 4.76. The van der Waals surface area contributed by atoms with Crippen LogP contribution in [0.2, 0.25) is 18.1 Å². The van der Waals surface area contributed by atoms with Crippen LogP contribution in [-0.4, -0.2) is 54.1 Å². The monoisotopic (exact) mass is 476 g/mol. The van der Waals surface area contributed by atoms with Crippen LogP contribution >= 0.6 is 0 Å². The van der Waals surface area contributed by atoms with Crippen LogP contribution in [0.25, 0.3) is 5.53 Å². The number of nitro groups is 1. The SMILES string of the molecule is CC(C)(C)[Si](C)(C)OC[C@H]1C(=O)N[C@@H]1CC(=O)C(=[N+]=[N-])C(=O)OCc1ccc([N+](=O)[O-])cc1. The van der Waals surface area contributed by atoms with Crippen molar-refractivity contribution in [2.45, 2.75) is 58.0 Å². The first-order chi connectivity index (χ1) is 15.3. The van der Waals surface area contributed by atoms with E-state index in [4.69, 9.17) is 14.7 Å². The van der Waals surface area contributed by atoms with Crippen molar-refractivity contribution >= 4 is 37.4 Å². The summed E-state index contributed by atoms with van der Waals surface area (Å²) in [6.07, 6.45) is -0.247. The summed E-state index contributed by atoms with van der Waals surface area (Å²) < 4.78 is 11.1. The average Bonchev–Trinajstić information content (AvgIpc) is 2.71. The van der Waals surface area contributed by atoms with E-state index in [0.717, 1.165) is 0 Å². The molecule has 1 saturated heterocycles. The number of Topliss-reactive ketones (excluding diaryl/α,β-unsaturated/α-hetero) is 1. The predicted octanol–water partition coefficient (Wildman–Crippen LogP) is 2.40. The normalized spacial score (nSPS) is 17.9. The minimum absolute atomic E-state index is 0.0390. The van der Waals surface area contributed by atoms with Gasteiger partial charge in [-0.05, 0) is 35.8 Å². The molecule has 1 heterocycles. The highest BCUT2D eigenvalue weighted by atomic mass is 28.4. The van der Waals surface area contributed by atoms with E-state index in [1.54, 1.807) is 0 Å². The number of nitrogens with one attached hydrogen (secondary N) is 1. The van der Waals surface area contributed by atoms with Gasteiger partial charge in [-0.1, -0.05) is 20.8 Å². The molecule has 0 aromatic heterocycles. The highest BCUT2D eigenvalue weighted by Gasteiger charge is 2.46. The van der Waals surface area contributed by atoms with Gasteiger partial charge in [0.15, 0.2) is 8.32 Å². The number of rotatable bonds is 10. The molecule has 1 aromatic rings. The number of hydrogen-bond donors (Lipinski definition) is 1. The summed E-state index contributed by atoms with van der Waals surface area (Å²) in [5, 5.41) is 13.3. The first-order valence-electron chi connectivity index (χ1n) is 10.4. The number of esters is 1. The predicted molar refractivity (Wildman–Crippen MR) is 120 cm³/mol. The van der Waals surface area contributed by atoms with Crippen molar-refractivity contribution < 1.29 is 33.3 Å². The van der Waals surface area contributed by atoms with Crippen LogP contribution in [0.15, 0.2) is 24.3 Å². The average molecular weight is 477 g/mol. The lowest BCUT2D eigenvalue weighted by molar-refractivity contribution is -0.384. The van der Waals surface area contributed by atoms with E-state index in [-0.39, 0.29) is 36.3 Å². The molecule has 1 fully saturated rings. The number of nitro benzene ring substituents is 1. The number of carbonyl (C=O) groups is 3. The van der Waals surface area contributed by atoms with Gasteiger partial charge in [0.1, 0.15) is 6.61 Å². The Hall–Kier alpha value is -3.21. The van der Waals surface area contributed by atoms with Gasteiger partial charge >= 0.3 is 11.7 Å². The molecule has 1 N–H and O–H groups in total. The Bertz CT molecular complexity index is 995. The van der Waals surface area contributed by atoms with Gasteiger partial charge < -0.3 is 20.0 Å². The molecule has 0 radical (unpaired) electrons. The van der Waals surface area contributed by atoms with E-state index < -0.39 is 42.7 Å². The molecule has 11 nitrogen and oxygen atoms in total. The highest BCUT2D eigenvalue weighted by molar-refractivity contribution is 6.74. The minimum atomic E-state index is -2.09. The number of non-ortho nitro benzene ring substituents is 1. The maximum absolute atomic E-state index is 12.5. The van der Waals surface area contributed by atoms with Crippen molar-refractivity contribution in [3.05, 3.63) is 45.5 Å². The largest absolute Gasteiger partial charge is 0.452 e. The third-order valence-electron chi connectivity index (χ3n) is 6.06. The lowest BCUT2D eigenvalue weighted by atomic mass is 9.87. The van der Waals surface area contributed by atoms with Gasteiger partial charge in [-0.15, -0.1) is 0 Å². The number of nitrogens with zero attached hydrogens (tertiary/aromatic N) is 3. The van der Waals surface area contributed by atoms with Crippen molar-refractivity contribution in [2.75, 3.05) is 6.61 Å². The molecule has 1 aromatic carbocycles. The second-order valence-electron chi connectivity index (χ2n) is 9.37. The third kappa shape index (κ3) is 6.41. The number of ketones is 1. The summed E-state index contributed by atoms with van der Waals surface area (Å²) in [6.45, 7) is 10.2. The molecule has 2 atom stereocenters. The van der Waals surface area contributed by atoms with Crippen LogP contribution in [0.1, 0.15) is 32.8 Å². The van der Waals surface area contributed by atoms with Crippen molar-refractivity contribution in [1.82, 2.24) is 5.32 Å². The van der Waals surface area contributed by atoms with Gasteiger partial charge in [0.05, 0.1) is 16.9 Å². The highest BCUT2D eigenvalue weighted by Crippen LogP contribution is 2.37. The van der Waals surface area contributed by atoms with Crippen LogP contribution in [0.3, 0.4) is 0 Å². The van der Waals surface area contributed by atoms with Gasteiger partial charge in [-0.25, -0.2) is 4.79 Å². The fraction of sp³-hybridized carbons (Fsp3) is 0.524. The van der Waals surface area contributed by atoms with E-state index in [2.05, 4.69) is 44.0 Å². The van der Waals surface area contributed by atoms with E-state index in [9.17, 15) is 24.5 Å². The lowest BCUT2D eigenvalue weighted by Gasteiger charge is -2.41. The van der Waals surface area contributed by atoms with Crippen molar-refractivity contribution in [2.24, 2.45) is 5.92 Å². The number of benzene rings is 1. The zero-order valence-corrected chi connectivity index (χ0v) is 20.3. The van der Waals surface area contributed by atoms with Gasteiger partial charge in [0, 0.05) is 25.2 Å². The second-order valence-corrected chi connectivity index (χ2v) is 14.2. The molecule has 12 heteroatoms. The van der Waals surface area contributed by atoms with E-state index in [0.29, 0.717) is 5.56 Å². The summed E-state index contributed by atoms with van der Waals surface area (Å²) in [4.78, 5) is 49.6. The molecule has 1 aliphatic heterocycles. The molecule has 0 bridgehead atoms. The van der Waals surface area contributed by atoms with Crippen molar-refractivity contribution in [3.63, 3.8) is 0 Å². The summed E-state index contributed by atoms with van der Waals surface area (Å²) in [5.41, 5.74) is 8.71. The van der Waals surface area contributed by atoms with Crippen LogP contribution in [0.4, 0.5) is 5.69 Å². The molecule has 1 amide bonds. The van der Waals surface area contributed by atoms with Gasteiger partial charge in [-0.3, -0.25) is 19.7 Å². The number of amides is 1. The smallest absolute Gasteiger partial charge is 0.441 e. The molecule has 1 aliphatic rings. The Morgan fingerprint density at radius 1 is 1.24 bits per heavy atom. The standard InChI is InChI=1S/C21H28N4O7Si/c1-21(2,3)33(4,5)32-12-15-16(23-19(15)27)10-17(26)18(24-22)20(28)31-11-13-6-8-14(9-7-13)25(29)30/h6-9,15-16H,10-12H2,1-5H3,(H,23,27)/t15-,16-/m1/s1. The molecular weight excluding hydrogens is 448 g/mol. The fourth-order valence-electron chi connectivity index (χ4n) is 2.81. The van der Waals surface area contributed by atoms with E-state index in [1.165, 1.54) is 24.3 Å². The topological polar surface area (TPSA) is 161 Å². The fourth-order valence-corrected chi connectivity index (χ4v) is 3.84. The zero-order valence-electron chi connectivity index (χ0n) is 19.3. The molecular formula is C21H28N4O7Si. The Morgan fingerprint density at radius 2 is 1.85 bits per heavy atom. The maximum atomic E-state index is 12.5. The first kappa shape index (κ1) is 26.0. The van der Waals surface area contributed by atoms with Gasteiger partial charge in [0.25, 0.3) is 11.5 Å². The third-order valence-corrected chi connectivity index (χ3v) is 10.6. The van der Waals surface area contributed by atoms with Crippen LogP contribution < -0.4 is 5.32 Å². The molecule has 33 heavy (non-hydrogen) atoms. The van der Waals surface area contributed by atoms with Crippen LogP contribution in [0, 0.1) is 16.0 Å². The van der Waals surface area contributed by atoms with Crippen molar-refractivity contribution in [3.8, 4) is 0 Å². The Balaban J connectivity index is 1.92. The number of carbonyl (C=O) groups excluding carboxylic acids is 3. The first-order valence-corrected chi connectivity index (χ1v) is 13.3. The quantitative estimate of drug-likeness (QED) is 0.0624. The van der Waals surface area contributed by atoms with E-state index >= 15 is 0 Å². The maximum Gasteiger partial charge on any atom is 0.441 e. The van der Waals surface area contributed by atoms with Crippen LogP contribution in [0.5, 0.6) is 0 Å². The van der Waals surface area contributed by atoms with Crippen LogP contribution in [-0.2, 0) is 30.2 Å². The molecule has 0 saturated carbocycles. The Kier molecular flexibility index (Phi) is 8.01. The minimum Gasteiger partial charge on any atom is -0.452 e. The second kappa shape index (κ2) is 10.2. The number of hydrogen-bond acceptors (Lipinski definition) is 7. The summed E-state index contributed by atoms with van der Waals surface area (Å²) in [7, 11) is -2.09. The molecule has 2 rings (SSSR count). The molecule has 0 unspecified atom stereocenters. The van der Waals surface area contributed by atoms with Gasteiger partial charge in [0.2, 0.25) is 5.91 Å². The Labute approximate surface area is 192 Å². The molecule has 178 valence electrons. The van der Waals surface area contributed by atoms with E-state index in [1.807, 2.05) is 0 Å². The number of ether oxygens (including phenoxy) is 1. The van der Waals surface area contributed by atoms with Crippen molar-refractivity contribution in [1.29, 1.82) is 0 Å². The lowest BCUT2D eigenvalue weighted by Crippen LogP contribution is -2.61.